The second kappa shape index (κ2) is 6.80. The summed E-state index contributed by atoms with van der Waals surface area (Å²) in [5, 5.41) is 0.419. The van der Waals surface area contributed by atoms with Gasteiger partial charge in [0.15, 0.2) is 0 Å². The van der Waals surface area contributed by atoms with Gasteiger partial charge in [0.2, 0.25) is 0 Å². The zero-order valence-corrected chi connectivity index (χ0v) is 8.40. The van der Waals surface area contributed by atoms with Crippen molar-refractivity contribution >= 4 is 34.7 Å². The summed E-state index contributed by atoms with van der Waals surface area (Å²) in [5.41, 5.74) is 0. The normalized spacial score (nSPS) is 6.78. The van der Waals surface area contributed by atoms with Gasteiger partial charge in [-0.05, 0) is 0 Å². The van der Waals surface area contributed by atoms with E-state index in [2.05, 4.69) is 11.1 Å². The monoisotopic (exact) mass is 215 g/mol. The SMILES string of the molecule is Clc1[c-]cccn1.[Br-].[Mg+2]. The van der Waals surface area contributed by atoms with Gasteiger partial charge in [-0.1, -0.05) is 17.8 Å². The van der Waals surface area contributed by atoms with E-state index in [-0.39, 0.29) is 40.0 Å². The standard InChI is InChI=1S/C5H3ClN.BrH.Mg/c6-5-3-1-2-4-7-5;;/h1-2,4H;1H;/q-1;;+2/p-1. The Bertz CT molecular complexity index is 147. The van der Waals surface area contributed by atoms with E-state index in [0.717, 1.165) is 0 Å². The molecule has 0 atom stereocenters. The molecule has 0 bridgehead atoms. The fraction of sp³-hybridized carbons (Fsp3) is 0. The molecular weight excluding hydrogens is 214 g/mol. The molecule has 9 heavy (non-hydrogen) atoms. The predicted octanol–water partition coefficient (Wildman–Crippen LogP) is -1.84. The first-order chi connectivity index (χ1) is 3.39. The van der Waals surface area contributed by atoms with Crippen molar-refractivity contribution in [2.24, 2.45) is 0 Å². The number of pyridine rings is 1. The molecule has 0 aliphatic carbocycles. The van der Waals surface area contributed by atoms with E-state index in [1.807, 2.05) is 0 Å². The van der Waals surface area contributed by atoms with Crippen molar-refractivity contribution in [2.45, 2.75) is 0 Å². The molecule has 1 aromatic rings. The van der Waals surface area contributed by atoms with Crippen molar-refractivity contribution in [1.82, 2.24) is 4.98 Å². The molecule has 0 aliphatic rings. The number of rotatable bonds is 0. The maximum atomic E-state index is 5.37. The van der Waals surface area contributed by atoms with Crippen molar-refractivity contribution in [3.8, 4) is 0 Å². The van der Waals surface area contributed by atoms with Gasteiger partial charge < -0.3 is 17.0 Å². The number of hydrogen-bond acceptors (Lipinski definition) is 1. The van der Waals surface area contributed by atoms with Crippen LogP contribution in [0.2, 0.25) is 5.15 Å². The molecule has 0 aliphatic heterocycles. The predicted molar refractivity (Wildman–Crippen MR) is 33.8 cm³/mol. The molecule has 1 rings (SSSR count). The Labute approximate surface area is 85.7 Å². The largest absolute Gasteiger partial charge is 2.00 e. The van der Waals surface area contributed by atoms with Gasteiger partial charge in [-0.2, -0.15) is 6.07 Å². The summed E-state index contributed by atoms with van der Waals surface area (Å²) in [6.45, 7) is 0. The average molecular weight is 217 g/mol. The summed E-state index contributed by atoms with van der Waals surface area (Å²) in [5.74, 6) is 0. The Morgan fingerprint density at radius 1 is 1.56 bits per heavy atom. The van der Waals surface area contributed by atoms with Crippen molar-refractivity contribution in [1.29, 1.82) is 0 Å². The molecule has 1 aromatic heterocycles. The van der Waals surface area contributed by atoms with E-state index in [1.165, 1.54) is 0 Å². The van der Waals surface area contributed by atoms with Crippen LogP contribution in [0.15, 0.2) is 18.3 Å². The number of halogens is 2. The van der Waals surface area contributed by atoms with Crippen LogP contribution in [0.3, 0.4) is 0 Å². The molecule has 0 amide bonds. The van der Waals surface area contributed by atoms with Crippen molar-refractivity contribution < 1.29 is 17.0 Å². The molecule has 1 heterocycles. The van der Waals surface area contributed by atoms with Gasteiger partial charge in [0.05, 0.1) is 0 Å². The van der Waals surface area contributed by atoms with Crippen LogP contribution < -0.4 is 17.0 Å². The Balaban J connectivity index is 0. The van der Waals surface area contributed by atoms with Gasteiger partial charge in [0.1, 0.15) is 0 Å². The maximum absolute atomic E-state index is 5.37. The van der Waals surface area contributed by atoms with Gasteiger partial charge in [0, 0.05) is 5.15 Å². The number of aromatic nitrogens is 1. The van der Waals surface area contributed by atoms with Crippen LogP contribution in [0.25, 0.3) is 0 Å². The Morgan fingerprint density at radius 3 is 2.44 bits per heavy atom. The van der Waals surface area contributed by atoms with E-state index >= 15 is 0 Å². The van der Waals surface area contributed by atoms with Crippen LogP contribution in [0.4, 0.5) is 0 Å². The molecular formula is C5H3BrClMgN. The minimum atomic E-state index is 0. The average Bonchev–Trinajstić information content (AvgIpc) is 1.69. The number of hydrogen-bond donors (Lipinski definition) is 0. The summed E-state index contributed by atoms with van der Waals surface area (Å²) in [4.78, 5) is 3.69. The third-order valence-corrected chi connectivity index (χ3v) is 0.779. The molecule has 1 nitrogen and oxygen atoms in total. The van der Waals surface area contributed by atoms with Crippen LogP contribution in [0.1, 0.15) is 0 Å². The quantitative estimate of drug-likeness (QED) is 0.282. The maximum Gasteiger partial charge on any atom is 2.00 e. The van der Waals surface area contributed by atoms with E-state index in [1.54, 1.807) is 18.3 Å². The van der Waals surface area contributed by atoms with Gasteiger partial charge in [-0.25, -0.2) is 12.1 Å². The summed E-state index contributed by atoms with van der Waals surface area (Å²) in [6.07, 6.45) is 1.62. The molecule has 0 saturated heterocycles. The summed E-state index contributed by atoms with van der Waals surface area (Å²) < 4.78 is 0. The van der Waals surface area contributed by atoms with Crippen LogP contribution in [-0.4, -0.2) is 28.0 Å². The topological polar surface area (TPSA) is 12.9 Å². The Kier molecular flexibility index (Phi) is 9.35. The fourth-order valence-corrected chi connectivity index (χ4v) is 0.425. The van der Waals surface area contributed by atoms with Gasteiger partial charge in [-0.3, -0.25) is 4.98 Å². The van der Waals surface area contributed by atoms with Gasteiger partial charge in [-0.15, -0.1) is 0 Å². The molecule has 0 fully saturated rings. The van der Waals surface area contributed by atoms with Crippen molar-refractivity contribution in [3.05, 3.63) is 29.5 Å². The molecule has 0 N–H and O–H groups in total. The second-order valence-corrected chi connectivity index (χ2v) is 1.43. The van der Waals surface area contributed by atoms with E-state index < -0.39 is 0 Å². The summed E-state index contributed by atoms with van der Waals surface area (Å²) >= 11 is 5.37. The van der Waals surface area contributed by atoms with Gasteiger partial charge >= 0.3 is 23.1 Å². The van der Waals surface area contributed by atoms with Crippen molar-refractivity contribution in [3.63, 3.8) is 0 Å². The zero-order valence-electron chi connectivity index (χ0n) is 4.64. The molecule has 4 heteroatoms. The molecule has 0 spiro atoms. The minimum Gasteiger partial charge on any atom is -1.00 e. The fourth-order valence-electron chi connectivity index (χ4n) is 0.306. The third-order valence-electron chi connectivity index (χ3n) is 0.573. The second-order valence-electron chi connectivity index (χ2n) is 1.07. The smallest absolute Gasteiger partial charge is 1.00 e. The van der Waals surface area contributed by atoms with Crippen LogP contribution in [0.5, 0.6) is 0 Å². The summed E-state index contributed by atoms with van der Waals surface area (Å²) in [7, 11) is 0. The van der Waals surface area contributed by atoms with E-state index in [9.17, 15) is 0 Å². The van der Waals surface area contributed by atoms with E-state index in [0.29, 0.717) is 5.15 Å². The minimum absolute atomic E-state index is 0. The molecule has 0 saturated carbocycles. The molecule has 0 aromatic carbocycles. The Morgan fingerprint density at radius 2 is 2.22 bits per heavy atom. The first-order valence-corrected chi connectivity index (χ1v) is 2.25. The first kappa shape index (κ1) is 12.4. The Hall–Kier alpha value is 0.686. The summed E-state index contributed by atoms with van der Waals surface area (Å²) in [6, 6.07) is 6.17. The van der Waals surface area contributed by atoms with Crippen LogP contribution in [0, 0.1) is 6.07 Å². The van der Waals surface area contributed by atoms with Crippen molar-refractivity contribution in [2.75, 3.05) is 0 Å². The van der Waals surface area contributed by atoms with Crippen LogP contribution in [-0.2, 0) is 0 Å². The molecule has 0 radical (unpaired) electrons. The molecule has 44 valence electrons. The zero-order chi connectivity index (χ0) is 5.11. The van der Waals surface area contributed by atoms with Gasteiger partial charge in [0.25, 0.3) is 0 Å². The first-order valence-electron chi connectivity index (χ1n) is 1.88. The molecule has 0 unspecified atom stereocenters. The van der Waals surface area contributed by atoms with E-state index in [4.69, 9.17) is 11.6 Å². The number of nitrogens with zero attached hydrogens (tertiary/aromatic N) is 1. The van der Waals surface area contributed by atoms with Crippen LogP contribution >= 0.6 is 11.6 Å². The third kappa shape index (κ3) is 5.15.